The van der Waals surface area contributed by atoms with Crippen LogP contribution in [0, 0.1) is 0 Å². The molecule has 0 nitrogen and oxygen atoms in total. The lowest BCUT2D eigenvalue weighted by atomic mass is 9.86. The number of hydrogen-bond donors (Lipinski definition) is 0. The van der Waals surface area contributed by atoms with Crippen LogP contribution in [0.15, 0.2) is 0 Å². The van der Waals surface area contributed by atoms with E-state index in [1.165, 1.54) is 0 Å². The van der Waals surface area contributed by atoms with Crippen LogP contribution in [-0.4, -0.2) is 65.9 Å². The zero-order valence-electron chi connectivity index (χ0n) is 14.6. The Morgan fingerprint density at radius 1 is 0.333 bits per heavy atom. The minimum atomic E-state index is -9.08. The third-order valence-electron chi connectivity index (χ3n) is 3.98. The Morgan fingerprint density at radius 3 is 0.697 bits per heavy atom. The lowest BCUT2D eigenvalue weighted by Gasteiger charge is -2.44. The topological polar surface area (TPSA) is 0 Å². The molecule has 200 valence electrons. The first-order valence-corrected chi connectivity index (χ1v) is 7.21. The zero-order valence-corrected chi connectivity index (χ0v) is 14.6. The molecule has 1 unspecified atom stereocenters. The fraction of sp³-hybridized carbons (Fsp3) is 1.00. The smallest absolute Gasteiger partial charge is 0.241 e. The van der Waals surface area contributed by atoms with Crippen molar-refractivity contribution < 1.29 is 92.2 Å². The molecule has 0 spiro atoms. The second kappa shape index (κ2) is 7.77. The van der Waals surface area contributed by atoms with Crippen molar-refractivity contribution in [3.63, 3.8) is 0 Å². The molecule has 21 heteroatoms. The van der Waals surface area contributed by atoms with Gasteiger partial charge >= 0.3 is 59.7 Å². The highest BCUT2D eigenvalue weighted by Crippen LogP contribution is 2.65. The van der Waals surface area contributed by atoms with Crippen molar-refractivity contribution in [1.82, 2.24) is 0 Å². The standard InChI is InChI=1S/C12H5F21/c1-2(13)4(16,17)6(20,21)8(24,25)10(28,29)12(32,33)11(30,31)9(26,27)7(22,23)5(18,19)3(14)15/h2-3H,1H3. The van der Waals surface area contributed by atoms with Gasteiger partial charge in [0.15, 0.2) is 6.17 Å². The molecule has 0 amide bonds. The third-order valence-corrected chi connectivity index (χ3v) is 3.98. The molecule has 33 heavy (non-hydrogen) atoms. The minimum Gasteiger partial charge on any atom is -0.241 e. The van der Waals surface area contributed by atoms with Crippen LogP contribution in [0.4, 0.5) is 92.2 Å². The van der Waals surface area contributed by atoms with Gasteiger partial charge < -0.3 is 0 Å². The van der Waals surface area contributed by atoms with Crippen LogP contribution in [0.25, 0.3) is 0 Å². The van der Waals surface area contributed by atoms with E-state index in [2.05, 4.69) is 0 Å². The summed E-state index contributed by atoms with van der Waals surface area (Å²) in [6, 6.07) is 0. The molecular formula is C12H5F21. The van der Waals surface area contributed by atoms with Crippen LogP contribution >= 0.6 is 0 Å². The lowest BCUT2D eigenvalue weighted by Crippen LogP contribution is -2.76. The molecule has 0 saturated heterocycles. The average Bonchev–Trinajstić information content (AvgIpc) is 2.59. The Morgan fingerprint density at radius 2 is 0.515 bits per heavy atom. The highest BCUT2D eigenvalue weighted by molar-refractivity contribution is 5.17. The van der Waals surface area contributed by atoms with Gasteiger partial charge in [0, 0.05) is 0 Å². The molecule has 0 aromatic carbocycles. The number of alkyl halides is 21. The van der Waals surface area contributed by atoms with Crippen molar-refractivity contribution in [3.8, 4) is 0 Å². The molecule has 0 aliphatic rings. The summed E-state index contributed by atoms with van der Waals surface area (Å²) in [6.45, 7) is -0.782. The first-order valence-electron chi connectivity index (χ1n) is 7.21. The van der Waals surface area contributed by atoms with E-state index >= 15 is 0 Å². The van der Waals surface area contributed by atoms with E-state index in [1.54, 1.807) is 0 Å². The van der Waals surface area contributed by atoms with Crippen LogP contribution in [0.5, 0.6) is 0 Å². The van der Waals surface area contributed by atoms with Gasteiger partial charge in [0.25, 0.3) is 0 Å². The SMILES string of the molecule is CC(F)C(F)(F)C(F)(F)C(F)(F)C(F)(F)C(F)(F)C(F)(F)C(F)(F)C(F)(F)C(F)(F)C(F)F. The predicted octanol–water partition coefficient (Wildman–Crippen LogP) is 7.33. The van der Waals surface area contributed by atoms with Gasteiger partial charge in [-0.15, -0.1) is 0 Å². The molecule has 0 heterocycles. The third kappa shape index (κ3) is 3.65. The van der Waals surface area contributed by atoms with Crippen molar-refractivity contribution in [3.05, 3.63) is 0 Å². The first-order chi connectivity index (χ1) is 13.9. The quantitative estimate of drug-likeness (QED) is 0.251. The van der Waals surface area contributed by atoms with Crippen LogP contribution < -0.4 is 0 Å². The summed E-state index contributed by atoms with van der Waals surface area (Å²) >= 11 is 0. The van der Waals surface area contributed by atoms with Crippen LogP contribution in [0.2, 0.25) is 0 Å². The van der Waals surface area contributed by atoms with Gasteiger partial charge in [-0.25, -0.2) is 13.2 Å². The Hall–Kier alpha value is -1.47. The van der Waals surface area contributed by atoms with Gasteiger partial charge in [0.1, 0.15) is 0 Å². The van der Waals surface area contributed by atoms with Crippen molar-refractivity contribution in [2.45, 2.75) is 72.8 Å². The van der Waals surface area contributed by atoms with Gasteiger partial charge in [-0.05, 0) is 6.92 Å². The maximum absolute atomic E-state index is 13.3. The summed E-state index contributed by atoms with van der Waals surface area (Å²) in [7, 11) is 0. The summed E-state index contributed by atoms with van der Waals surface area (Å²) in [5.41, 5.74) is 0. The normalized spacial score (nSPS) is 17.5. The largest absolute Gasteiger partial charge is 0.385 e. The molecule has 0 bridgehead atoms. The van der Waals surface area contributed by atoms with E-state index in [1.807, 2.05) is 0 Å². The molecule has 0 fully saturated rings. The monoisotopic (exact) mass is 548 g/mol. The van der Waals surface area contributed by atoms with E-state index in [0.717, 1.165) is 0 Å². The van der Waals surface area contributed by atoms with E-state index in [4.69, 9.17) is 0 Å². The fourth-order valence-corrected chi connectivity index (χ4v) is 1.79. The zero-order chi connectivity index (χ0) is 27.7. The minimum absolute atomic E-state index is 0.782. The van der Waals surface area contributed by atoms with Crippen molar-refractivity contribution >= 4 is 0 Å². The molecule has 0 aliphatic carbocycles. The first kappa shape index (κ1) is 31.5. The fourth-order valence-electron chi connectivity index (χ4n) is 1.79. The maximum atomic E-state index is 13.3. The molecule has 0 saturated carbocycles. The summed E-state index contributed by atoms with van der Waals surface area (Å²) in [6.07, 6.45) is -10.8. The Bertz CT molecular complexity index is 642. The van der Waals surface area contributed by atoms with Crippen molar-refractivity contribution in [2.75, 3.05) is 0 Å². The molecule has 0 aliphatic heterocycles. The number of hydrogen-bond acceptors (Lipinski definition) is 0. The van der Waals surface area contributed by atoms with Crippen LogP contribution in [-0.2, 0) is 0 Å². The Kier molecular flexibility index (Phi) is 7.43. The Labute approximate surface area is 166 Å². The lowest BCUT2D eigenvalue weighted by molar-refractivity contribution is -0.466. The van der Waals surface area contributed by atoms with E-state index in [-0.39, 0.29) is 0 Å². The highest BCUT2D eigenvalue weighted by Gasteiger charge is 2.97. The molecule has 0 aromatic rings. The van der Waals surface area contributed by atoms with E-state index in [0.29, 0.717) is 0 Å². The van der Waals surface area contributed by atoms with E-state index in [9.17, 15) is 92.2 Å². The highest BCUT2D eigenvalue weighted by atomic mass is 19.4. The summed E-state index contributed by atoms with van der Waals surface area (Å²) in [5.74, 6) is -76.1. The van der Waals surface area contributed by atoms with E-state index < -0.39 is 72.8 Å². The predicted molar refractivity (Wildman–Crippen MR) is 61.1 cm³/mol. The van der Waals surface area contributed by atoms with Crippen molar-refractivity contribution in [2.24, 2.45) is 0 Å². The van der Waals surface area contributed by atoms with Gasteiger partial charge in [-0.2, -0.15) is 79.0 Å². The van der Waals surface area contributed by atoms with Gasteiger partial charge in [0.05, 0.1) is 0 Å². The van der Waals surface area contributed by atoms with Gasteiger partial charge in [-0.1, -0.05) is 0 Å². The molecule has 0 radical (unpaired) electrons. The number of halogens is 21. The Balaban J connectivity index is 7.00. The summed E-state index contributed by atoms with van der Waals surface area (Å²) < 4.78 is 272. The molecule has 1 atom stereocenters. The molecule has 0 rings (SSSR count). The second-order valence-corrected chi connectivity index (χ2v) is 6.18. The number of rotatable bonds is 10. The van der Waals surface area contributed by atoms with Gasteiger partial charge in [0.2, 0.25) is 0 Å². The van der Waals surface area contributed by atoms with Crippen molar-refractivity contribution in [1.29, 1.82) is 0 Å². The molecular weight excluding hydrogens is 543 g/mol. The molecule has 0 aromatic heterocycles. The summed E-state index contributed by atoms with van der Waals surface area (Å²) in [4.78, 5) is 0. The van der Waals surface area contributed by atoms with Crippen LogP contribution in [0.1, 0.15) is 6.92 Å². The maximum Gasteiger partial charge on any atom is 0.385 e. The summed E-state index contributed by atoms with van der Waals surface area (Å²) in [5, 5.41) is 0. The molecule has 0 N–H and O–H groups in total. The van der Waals surface area contributed by atoms with Crippen LogP contribution in [0.3, 0.4) is 0 Å². The second-order valence-electron chi connectivity index (χ2n) is 6.18. The van der Waals surface area contributed by atoms with Gasteiger partial charge in [-0.3, -0.25) is 0 Å². The average molecular weight is 548 g/mol.